The van der Waals surface area contributed by atoms with Crippen molar-refractivity contribution in [2.75, 3.05) is 13.1 Å². The molecule has 0 bridgehead atoms. The van der Waals surface area contributed by atoms with Crippen molar-refractivity contribution in [3.63, 3.8) is 0 Å². The van der Waals surface area contributed by atoms with Gasteiger partial charge in [-0.3, -0.25) is 4.79 Å². The van der Waals surface area contributed by atoms with Crippen LogP contribution in [0.4, 0.5) is 0 Å². The fraction of sp³-hybridized carbons (Fsp3) is 0.471. The molecule has 0 radical (unpaired) electrons. The van der Waals surface area contributed by atoms with E-state index >= 15 is 0 Å². The summed E-state index contributed by atoms with van der Waals surface area (Å²) < 4.78 is 0. The standard InChI is InChI=1S/C15H19NO.C2H6/c1-13-7-3-4-8-14(13)9-10-15(17)16-11-5-2-6-12-16;1-2/h3-4,7-10H,2,5-6,11-12H2,1H3;1-2H3/b10-9+;. The van der Waals surface area contributed by atoms with Crippen LogP contribution in [-0.2, 0) is 4.79 Å². The number of benzene rings is 1. The summed E-state index contributed by atoms with van der Waals surface area (Å²) in [5, 5.41) is 0. The monoisotopic (exact) mass is 259 g/mol. The fourth-order valence-corrected chi connectivity index (χ4v) is 2.15. The Labute approximate surface area is 117 Å². The molecule has 0 unspecified atom stereocenters. The van der Waals surface area contributed by atoms with Gasteiger partial charge in [0.2, 0.25) is 5.91 Å². The van der Waals surface area contributed by atoms with E-state index in [2.05, 4.69) is 13.0 Å². The predicted molar refractivity (Wildman–Crippen MR) is 82.0 cm³/mol. The first kappa shape index (κ1) is 15.5. The minimum absolute atomic E-state index is 0.146. The first-order valence-corrected chi connectivity index (χ1v) is 7.30. The van der Waals surface area contributed by atoms with Gasteiger partial charge in [0.25, 0.3) is 0 Å². The lowest BCUT2D eigenvalue weighted by Gasteiger charge is -2.25. The molecule has 2 heteroatoms. The molecule has 0 atom stereocenters. The van der Waals surface area contributed by atoms with Crippen LogP contribution < -0.4 is 0 Å². The van der Waals surface area contributed by atoms with Crippen molar-refractivity contribution in [2.24, 2.45) is 0 Å². The summed E-state index contributed by atoms with van der Waals surface area (Å²) in [6, 6.07) is 8.11. The number of rotatable bonds is 2. The van der Waals surface area contributed by atoms with Crippen molar-refractivity contribution >= 4 is 12.0 Å². The molecule has 1 aliphatic rings. The Kier molecular flexibility index (Phi) is 6.94. The largest absolute Gasteiger partial charge is 0.339 e. The molecule has 1 aliphatic heterocycles. The summed E-state index contributed by atoms with van der Waals surface area (Å²) in [7, 11) is 0. The zero-order valence-electron chi connectivity index (χ0n) is 12.4. The van der Waals surface area contributed by atoms with E-state index in [-0.39, 0.29) is 5.91 Å². The number of nitrogens with zero attached hydrogens (tertiary/aromatic N) is 1. The summed E-state index contributed by atoms with van der Waals surface area (Å²) in [6.07, 6.45) is 7.17. The van der Waals surface area contributed by atoms with E-state index in [1.807, 2.05) is 43.0 Å². The Morgan fingerprint density at radius 1 is 1.11 bits per heavy atom. The molecule has 1 heterocycles. The maximum absolute atomic E-state index is 11.9. The number of aryl methyl sites for hydroxylation is 1. The third-order valence-corrected chi connectivity index (χ3v) is 3.26. The summed E-state index contributed by atoms with van der Waals surface area (Å²) in [6.45, 7) is 7.89. The number of amides is 1. The average molecular weight is 259 g/mol. The molecule has 1 amide bonds. The molecule has 0 aromatic heterocycles. The van der Waals surface area contributed by atoms with Crippen LogP contribution in [0, 0.1) is 6.92 Å². The molecule has 1 aromatic carbocycles. The van der Waals surface area contributed by atoms with Gasteiger partial charge in [0.1, 0.15) is 0 Å². The summed E-state index contributed by atoms with van der Waals surface area (Å²) in [5.41, 5.74) is 2.33. The van der Waals surface area contributed by atoms with Gasteiger partial charge >= 0.3 is 0 Å². The second kappa shape index (κ2) is 8.52. The second-order valence-corrected chi connectivity index (χ2v) is 4.58. The van der Waals surface area contributed by atoms with Gasteiger partial charge in [-0.05, 0) is 43.4 Å². The zero-order valence-corrected chi connectivity index (χ0v) is 12.4. The molecule has 1 saturated heterocycles. The van der Waals surface area contributed by atoms with Gasteiger partial charge in [-0.2, -0.15) is 0 Å². The second-order valence-electron chi connectivity index (χ2n) is 4.58. The fourth-order valence-electron chi connectivity index (χ4n) is 2.15. The average Bonchev–Trinajstić information content (AvgIpc) is 2.49. The number of likely N-dealkylation sites (tertiary alicyclic amines) is 1. The number of hydrogen-bond acceptors (Lipinski definition) is 1. The summed E-state index contributed by atoms with van der Waals surface area (Å²) in [4.78, 5) is 13.9. The number of piperidine rings is 1. The van der Waals surface area contributed by atoms with Gasteiger partial charge in [-0.25, -0.2) is 0 Å². The highest BCUT2D eigenvalue weighted by Crippen LogP contribution is 2.12. The lowest BCUT2D eigenvalue weighted by molar-refractivity contribution is -0.126. The van der Waals surface area contributed by atoms with Crippen LogP contribution in [0.2, 0.25) is 0 Å². The molecule has 19 heavy (non-hydrogen) atoms. The molecule has 2 nitrogen and oxygen atoms in total. The van der Waals surface area contributed by atoms with Crippen molar-refractivity contribution in [1.29, 1.82) is 0 Å². The maximum atomic E-state index is 11.9. The quantitative estimate of drug-likeness (QED) is 0.734. The third kappa shape index (κ3) is 4.90. The normalized spacial score (nSPS) is 15.0. The van der Waals surface area contributed by atoms with Gasteiger partial charge in [-0.1, -0.05) is 38.1 Å². The van der Waals surface area contributed by atoms with Gasteiger partial charge in [0.15, 0.2) is 0 Å². The topological polar surface area (TPSA) is 20.3 Å². The zero-order chi connectivity index (χ0) is 14.1. The van der Waals surface area contributed by atoms with E-state index in [4.69, 9.17) is 0 Å². The van der Waals surface area contributed by atoms with Gasteiger partial charge in [0.05, 0.1) is 0 Å². The van der Waals surface area contributed by atoms with Crippen molar-refractivity contribution in [3.8, 4) is 0 Å². The van der Waals surface area contributed by atoms with Crippen LogP contribution in [0.3, 0.4) is 0 Å². The first-order valence-electron chi connectivity index (χ1n) is 7.30. The van der Waals surface area contributed by atoms with Crippen molar-refractivity contribution in [1.82, 2.24) is 4.90 Å². The van der Waals surface area contributed by atoms with Crippen molar-refractivity contribution in [3.05, 3.63) is 41.5 Å². The number of carbonyl (C=O) groups excluding carboxylic acids is 1. The van der Waals surface area contributed by atoms with Crippen LogP contribution in [0.1, 0.15) is 44.2 Å². The van der Waals surface area contributed by atoms with Gasteiger partial charge < -0.3 is 4.90 Å². The van der Waals surface area contributed by atoms with Gasteiger partial charge in [0, 0.05) is 19.2 Å². The van der Waals surface area contributed by atoms with Crippen molar-refractivity contribution in [2.45, 2.75) is 40.0 Å². The molecule has 104 valence electrons. The van der Waals surface area contributed by atoms with Crippen LogP contribution in [0.5, 0.6) is 0 Å². The molecule has 1 aromatic rings. The Morgan fingerprint density at radius 2 is 1.74 bits per heavy atom. The van der Waals surface area contributed by atoms with Crippen LogP contribution in [-0.4, -0.2) is 23.9 Å². The highest BCUT2D eigenvalue weighted by Gasteiger charge is 2.13. The van der Waals surface area contributed by atoms with E-state index in [1.54, 1.807) is 6.08 Å². The van der Waals surface area contributed by atoms with Crippen LogP contribution in [0.15, 0.2) is 30.3 Å². The molecule has 2 rings (SSSR count). The van der Waals surface area contributed by atoms with E-state index in [0.717, 1.165) is 31.5 Å². The minimum atomic E-state index is 0.146. The lowest BCUT2D eigenvalue weighted by Crippen LogP contribution is -2.34. The molecular weight excluding hydrogens is 234 g/mol. The molecule has 0 N–H and O–H groups in total. The number of hydrogen-bond donors (Lipinski definition) is 0. The van der Waals surface area contributed by atoms with E-state index in [0.29, 0.717) is 0 Å². The molecule has 0 spiro atoms. The third-order valence-electron chi connectivity index (χ3n) is 3.26. The number of carbonyl (C=O) groups is 1. The van der Waals surface area contributed by atoms with E-state index in [9.17, 15) is 4.79 Å². The maximum Gasteiger partial charge on any atom is 0.246 e. The van der Waals surface area contributed by atoms with Crippen LogP contribution in [0.25, 0.3) is 6.08 Å². The minimum Gasteiger partial charge on any atom is -0.339 e. The molecule has 1 fully saturated rings. The van der Waals surface area contributed by atoms with E-state index < -0.39 is 0 Å². The van der Waals surface area contributed by atoms with E-state index in [1.165, 1.54) is 12.0 Å². The Hall–Kier alpha value is -1.57. The lowest BCUT2D eigenvalue weighted by atomic mass is 10.1. The SMILES string of the molecule is CC.Cc1ccccc1/C=C/C(=O)N1CCCCC1. The molecule has 0 saturated carbocycles. The summed E-state index contributed by atoms with van der Waals surface area (Å²) >= 11 is 0. The smallest absolute Gasteiger partial charge is 0.246 e. The summed E-state index contributed by atoms with van der Waals surface area (Å²) in [5.74, 6) is 0.146. The highest BCUT2D eigenvalue weighted by molar-refractivity contribution is 5.92. The van der Waals surface area contributed by atoms with Gasteiger partial charge in [-0.15, -0.1) is 0 Å². The first-order chi connectivity index (χ1) is 9.27. The van der Waals surface area contributed by atoms with Crippen LogP contribution >= 0.6 is 0 Å². The molecular formula is C17H25NO. The highest BCUT2D eigenvalue weighted by atomic mass is 16.2. The molecule has 0 aliphatic carbocycles. The predicted octanol–water partition coefficient (Wildman–Crippen LogP) is 4.05. The Balaban J connectivity index is 0.000000861. The Bertz CT molecular complexity index is 417. The Morgan fingerprint density at radius 3 is 2.37 bits per heavy atom. The van der Waals surface area contributed by atoms with Crippen molar-refractivity contribution < 1.29 is 4.79 Å².